The van der Waals surface area contributed by atoms with Crippen LogP contribution in [0, 0.1) is 4.91 Å². The number of hydrogen-bond donors (Lipinski definition) is 2. The molecule has 0 saturated carbocycles. The second-order valence-electron chi connectivity index (χ2n) is 16.6. The van der Waals surface area contributed by atoms with Gasteiger partial charge in [0.15, 0.2) is 0 Å². The van der Waals surface area contributed by atoms with Gasteiger partial charge in [0.25, 0.3) is 0 Å². The molecule has 0 atom stereocenters. The van der Waals surface area contributed by atoms with E-state index in [2.05, 4.69) is 133 Å². The summed E-state index contributed by atoms with van der Waals surface area (Å²) in [7, 11) is 4.57. The van der Waals surface area contributed by atoms with E-state index in [0.717, 1.165) is 33.4 Å². The Hall–Kier alpha value is -2.11. The quantitative estimate of drug-likeness (QED) is 0.238. The van der Waals surface area contributed by atoms with Crippen molar-refractivity contribution in [2.24, 2.45) is 9.98 Å². The van der Waals surface area contributed by atoms with Crippen LogP contribution in [0.3, 0.4) is 0 Å². The van der Waals surface area contributed by atoms with Crippen LogP contribution >= 0.6 is 9.69 Å². The van der Waals surface area contributed by atoms with Gasteiger partial charge in [-0.05, 0) is 72.6 Å². The number of halogens is 1. The Balaban J connectivity index is 0.00000443. The van der Waals surface area contributed by atoms with Crippen LogP contribution in [0.5, 0.6) is 11.5 Å². The minimum atomic E-state index is -0.598. The molecule has 0 fully saturated rings. The molecule has 2 rings (SSSR count). The fourth-order valence-electron chi connectivity index (χ4n) is 4.30. The van der Waals surface area contributed by atoms with Crippen LogP contribution in [-0.2, 0) is 39.0 Å². The van der Waals surface area contributed by atoms with Gasteiger partial charge in [0.05, 0.1) is 11.1 Å². The number of nitroso groups, excluding NO2 is 1. The normalized spacial score (nSPS) is 13.4. The summed E-state index contributed by atoms with van der Waals surface area (Å²) in [5.74, 6) is 0.556. The van der Waals surface area contributed by atoms with Crippen molar-refractivity contribution in [3.63, 3.8) is 0 Å². The molecule has 2 N–H and O–H groups in total. The summed E-state index contributed by atoms with van der Waals surface area (Å²) in [4.78, 5) is 17.2. The molecule has 2 aromatic rings. The Morgan fingerprint density at radius 3 is 1.00 bits per heavy atom. The van der Waals surface area contributed by atoms with Gasteiger partial charge in [-0.1, -0.05) is 95.2 Å². The Labute approximate surface area is 281 Å². The van der Waals surface area contributed by atoms with Gasteiger partial charge in [0, 0.05) is 34.7 Å². The molecule has 44 heavy (non-hydrogen) atoms. The molecule has 0 saturated heterocycles. The number of phenolic OH excluding ortho intramolecular Hbond substituents is 2. The van der Waals surface area contributed by atoms with E-state index >= 15 is 0 Å². The topological polar surface area (TPSA) is 105 Å². The standard InChI is InChI=1S/C36H56N2O2.ClH.NO.Ru/c1-31(2,3)25-17-23(29(39)27(19-25)33(7,8)9)21-37-35(13,14)36(15,16)38-22-24-18-26(32(4,5)6)20-28(30(24)40)34(10,11)12;;1-2;/h17-22,39-40H,1-16H3;1H;;/q;;;+1/p-1. The van der Waals surface area contributed by atoms with Crippen LogP contribution in [0.15, 0.2) is 34.3 Å². The van der Waals surface area contributed by atoms with Gasteiger partial charge in [-0.25, -0.2) is 0 Å². The molecule has 6 nitrogen and oxygen atoms in total. The first-order valence-corrected chi connectivity index (χ1v) is 17.1. The Morgan fingerprint density at radius 2 is 0.795 bits per heavy atom. The largest absolute Gasteiger partial charge is 0.120 e. The summed E-state index contributed by atoms with van der Waals surface area (Å²) >= 11 is 1.82. The van der Waals surface area contributed by atoms with E-state index in [0.29, 0.717) is 0 Å². The first-order chi connectivity index (χ1) is 19.7. The molecule has 1 radical (unpaired) electrons. The number of rotatable bonds is 5. The summed E-state index contributed by atoms with van der Waals surface area (Å²) in [6.07, 6.45) is 3.60. The number of aliphatic imine (C=N–C) groups is 2. The molecule has 0 bridgehead atoms. The second kappa shape index (κ2) is 15.0. The van der Waals surface area contributed by atoms with Crippen molar-refractivity contribution in [1.29, 1.82) is 0 Å². The molecular formula is C36H56ClN3O3Ru. The Morgan fingerprint density at radius 1 is 0.545 bits per heavy atom. The monoisotopic (exact) mass is 715 g/mol. The molecule has 0 heterocycles. The molecule has 8 heteroatoms. The van der Waals surface area contributed by atoms with Crippen LogP contribution in [0.4, 0.5) is 0 Å². The molecule has 2 aromatic carbocycles. The average Bonchev–Trinajstić information content (AvgIpc) is 2.87. The van der Waals surface area contributed by atoms with Gasteiger partial charge >= 0.3 is 27.0 Å². The number of phenols is 2. The van der Waals surface area contributed by atoms with Crippen LogP contribution in [0.1, 0.15) is 144 Å². The van der Waals surface area contributed by atoms with Gasteiger partial charge < -0.3 is 10.2 Å². The fraction of sp³-hybridized carbons (Fsp3) is 0.611. The maximum atomic E-state index is 11.2. The molecule has 0 aliphatic heterocycles. The Bertz CT molecular complexity index is 1220. The van der Waals surface area contributed by atoms with E-state index in [1.54, 1.807) is 12.4 Å². The van der Waals surface area contributed by atoms with Crippen LogP contribution in [-0.4, -0.2) is 33.7 Å². The van der Waals surface area contributed by atoms with Crippen molar-refractivity contribution in [2.75, 3.05) is 0 Å². The predicted octanol–water partition coefficient (Wildman–Crippen LogP) is 9.62. The number of benzene rings is 2. The third-order valence-electron chi connectivity index (χ3n) is 8.18. The predicted molar refractivity (Wildman–Crippen MR) is 186 cm³/mol. The first-order valence-electron chi connectivity index (χ1n) is 14.9. The van der Waals surface area contributed by atoms with E-state index in [4.69, 9.17) is 20.5 Å². The maximum absolute atomic E-state index is 11.2. The molecule has 0 aromatic heterocycles. The molecule has 0 aliphatic carbocycles. The summed E-state index contributed by atoms with van der Waals surface area (Å²) in [6.45, 7) is 34.0. The molecule has 0 unspecified atom stereocenters. The van der Waals surface area contributed by atoms with Gasteiger partial charge in [0.1, 0.15) is 17.1 Å². The third kappa shape index (κ3) is 10.8. The summed E-state index contributed by atoms with van der Waals surface area (Å²) in [5, 5.41) is 22.5. The average molecular weight is 715 g/mol. The second-order valence-corrected chi connectivity index (χ2v) is 16.6. The molecule has 0 amide bonds. The summed E-state index contributed by atoms with van der Waals surface area (Å²) < 4.78 is 0. The third-order valence-corrected chi connectivity index (χ3v) is 8.18. The van der Waals surface area contributed by atoms with Crippen molar-refractivity contribution in [3.05, 3.63) is 62.6 Å². The zero-order chi connectivity index (χ0) is 35.3. The van der Waals surface area contributed by atoms with Crippen molar-refractivity contribution < 1.29 is 27.5 Å². The van der Waals surface area contributed by atoms with Gasteiger partial charge in [-0.3, -0.25) is 9.98 Å². The molecule has 248 valence electrons. The van der Waals surface area contributed by atoms with Crippen molar-refractivity contribution >= 4 is 22.1 Å². The SMILES string of the molecule is CC(C)(C)c1cc(C=NC(C)(C)C(C)(C)N=Cc2cc(C(C)(C)C)cc(C(C)(C)C)c2O)c(O)c(C(C)(C)C)c1.[Cl][Ru].[N]=O. The minimum absolute atomic E-state index is 0.0646. The minimum Gasteiger partial charge on any atom is -0.120 e. The maximum Gasteiger partial charge on any atom is 0.120 e. The van der Waals surface area contributed by atoms with Crippen LogP contribution in [0.25, 0.3) is 0 Å². The van der Waals surface area contributed by atoms with Crippen molar-refractivity contribution in [3.8, 4) is 11.5 Å². The van der Waals surface area contributed by atoms with Gasteiger partial charge in [0.2, 0.25) is 0 Å². The number of nitrogens with zero attached hydrogens (tertiary/aromatic N) is 3. The fourth-order valence-corrected chi connectivity index (χ4v) is 4.30. The smallest absolute Gasteiger partial charge is 0.120 e. The zero-order valence-electron chi connectivity index (χ0n) is 29.8. The van der Waals surface area contributed by atoms with E-state index in [9.17, 15) is 10.2 Å². The molecule has 0 spiro atoms. The van der Waals surface area contributed by atoms with E-state index in [1.165, 1.54) is 0 Å². The van der Waals surface area contributed by atoms with Crippen molar-refractivity contribution in [1.82, 2.24) is 5.59 Å². The van der Waals surface area contributed by atoms with Crippen molar-refractivity contribution in [2.45, 2.75) is 144 Å². The Kier molecular flexibility index (Phi) is 14.3. The molecule has 0 aliphatic rings. The van der Waals surface area contributed by atoms with E-state index in [1.807, 2.05) is 29.4 Å². The zero-order valence-corrected chi connectivity index (χ0v) is 32.3. The van der Waals surface area contributed by atoms with E-state index in [-0.39, 0.29) is 33.2 Å². The van der Waals surface area contributed by atoms with Crippen LogP contribution < -0.4 is 5.59 Å². The van der Waals surface area contributed by atoms with E-state index < -0.39 is 11.1 Å². The number of aromatic hydroxyl groups is 2. The van der Waals surface area contributed by atoms with Gasteiger partial charge in [-0.15, -0.1) is 4.91 Å². The summed E-state index contributed by atoms with van der Waals surface area (Å²) in [5.41, 5.74) is 9.61. The number of hydrogen-bond acceptors (Lipinski definition) is 5. The van der Waals surface area contributed by atoms with Crippen LogP contribution in [0.2, 0.25) is 0 Å². The summed E-state index contributed by atoms with van der Waals surface area (Å²) in [6, 6.07) is 8.33. The molecular weight excluding hydrogens is 659 g/mol. The van der Waals surface area contributed by atoms with Gasteiger partial charge in [-0.2, -0.15) is 0 Å². The first kappa shape index (κ1) is 41.9.